The first kappa shape index (κ1) is 11.0. The van der Waals surface area contributed by atoms with Crippen molar-refractivity contribution in [1.29, 1.82) is 0 Å². The lowest BCUT2D eigenvalue weighted by molar-refractivity contribution is 0.331. The van der Waals surface area contributed by atoms with E-state index in [0.717, 1.165) is 12.8 Å². The molecule has 0 bridgehead atoms. The van der Waals surface area contributed by atoms with Crippen LogP contribution in [0.2, 0.25) is 0 Å². The molecule has 1 aliphatic rings. The number of nitrogens with one attached hydrogen (secondary N) is 1. The molecule has 0 aromatic carbocycles. The number of sulfone groups is 1. The van der Waals surface area contributed by atoms with Gasteiger partial charge in [0.2, 0.25) is 0 Å². The Morgan fingerprint density at radius 1 is 1.46 bits per heavy atom. The van der Waals surface area contributed by atoms with Crippen molar-refractivity contribution in [2.75, 3.05) is 18.6 Å². The van der Waals surface area contributed by atoms with Crippen molar-refractivity contribution in [3.8, 4) is 0 Å². The van der Waals surface area contributed by atoms with Gasteiger partial charge in [-0.15, -0.1) is 0 Å². The normalized spacial score (nSPS) is 27.8. The van der Waals surface area contributed by atoms with E-state index in [1.807, 2.05) is 7.05 Å². The molecule has 1 N–H and O–H groups in total. The van der Waals surface area contributed by atoms with E-state index in [4.69, 9.17) is 0 Å². The highest BCUT2D eigenvalue weighted by Crippen LogP contribution is 2.26. The molecule has 78 valence electrons. The Bertz CT molecular complexity index is 269. The Kier molecular flexibility index (Phi) is 3.02. The van der Waals surface area contributed by atoms with E-state index in [1.54, 1.807) is 0 Å². The lowest BCUT2D eigenvalue weighted by atomic mass is 9.90. The van der Waals surface area contributed by atoms with E-state index in [0.29, 0.717) is 17.4 Å². The molecule has 1 heterocycles. The lowest BCUT2D eigenvalue weighted by Gasteiger charge is -2.26. The van der Waals surface area contributed by atoms with Gasteiger partial charge < -0.3 is 5.32 Å². The molecule has 0 aliphatic carbocycles. The van der Waals surface area contributed by atoms with Crippen molar-refractivity contribution in [2.45, 2.75) is 32.2 Å². The van der Waals surface area contributed by atoms with Crippen LogP contribution >= 0.6 is 0 Å². The molecular weight excluding hydrogens is 186 g/mol. The van der Waals surface area contributed by atoms with Gasteiger partial charge in [0.25, 0.3) is 0 Å². The van der Waals surface area contributed by atoms with Crippen LogP contribution in [0.3, 0.4) is 0 Å². The first-order valence-electron chi connectivity index (χ1n) is 4.74. The van der Waals surface area contributed by atoms with E-state index in [9.17, 15) is 8.42 Å². The molecular formula is C9H19NO2S. The van der Waals surface area contributed by atoms with Crippen LogP contribution in [0.1, 0.15) is 26.7 Å². The Morgan fingerprint density at radius 2 is 2.08 bits per heavy atom. The summed E-state index contributed by atoms with van der Waals surface area (Å²) >= 11 is 0. The second-order valence-electron chi connectivity index (χ2n) is 4.61. The quantitative estimate of drug-likeness (QED) is 0.741. The summed E-state index contributed by atoms with van der Waals surface area (Å²) in [6.07, 6.45) is 1.79. The largest absolute Gasteiger partial charge is 0.315 e. The van der Waals surface area contributed by atoms with Crippen LogP contribution < -0.4 is 5.32 Å². The molecule has 0 aromatic rings. The standard InChI is InChI=1S/C9H19NO2S/c1-9(2,10-3)6-8-4-5-13(11,12)7-8/h8,10H,4-7H2,1-3H3. The average molecular weight is 205 g/mol. The fourth-order valence-corrected chi connectivity index (χ4v) is 3.72. The van der Waals surface area contributed by atoms with Gasteiger partial charge in [-0.05, 0) is 39.7 Å². The van der Waals surface area contributed by atoms with Gasteiger partial charge in [-0.2, -0.15) is 0 Å². The molecule has 1 atom stereocenters. The molecule has 4 heteroatoms. The maximum Gasteiger partial charge on any atom is 0.150 e. The van der Waals surface area contributed by atoms with Crippen molar-refractivity contribution in [3.05, 3.63) is 0 Å². The minimum Gasteiger partial charge on any atom is -0.315 e. The summed E-state index contributed by atoms with van der Waals surface area (Å²) in [5, 5.41) is 3.20. The molecule has 0 radical (unpaired) electrons. The summed E-state index contributed by atoms with van der Waals surface area (Å²) < 4.78 is 22.4. The fourth-order valence-electron chi connectivity index (χ4n) is 1.86. The van der Waals surface area contributed by atoms with Gasteiger partial charge in [-0.1, -0.05) is 0 Å². The van der Waals surface area contributed by atoms with Gasteiger partial charge >= 0.3 is 0 Å². The molecule has 1 aliphatic heterocycles. The van der Waals surface area contributed by atoms with Crippen molar-refractivity contribution in [2.24, 2.45) is 5.92 Å². The first-order chi connectivity index (χ1) is 5.85. The predicted octanol–water partition coefficient (Wildman–Crippen LogP) is 0.809. The van der Waals surface area contributed by atoms with E-state index < -0.39 is 9.84 Å². The van der Waals surface area contributed by atoms with Gasteiger partial charge in [0.1, 0.15) is 0 Å². The zero-order valence-corrected chi connectivity index (χ0v) is 9.45. The minimum atomic E-state index is -2.70. The Balaban J connectivity index is 2.50. The summed E-state index contributed by atoms with van der Waals surface area (Å²) in [7, 11) is -0.784. The Hall–Kier alpha value is -0.0900. The summed E-state index contributed by atoms with van der Waals surface area (Å²) in [5.41, 5.74) is 0.0600. The average Bonchev–Trinajstić information content (AvgIpc) is 2.29. The number of rotatable bonds is 3. The maximum atomic E-state index is 11.2. The maximum absolute atomic E-state index is 11.2. The molecule has 3 nitrogen and oxygen atoms in total. The molecule has 0 amide bonds. The smallest absolute Gasteiger partial charge is 0.150 e. The molecule has 1 unspecified atom stereocenters. The van der Waals surface area contributed by atoms with Crippen LogP contribution in [0.4, 0.5) is 0 Å². The van der Waals surface area contributed by atoms with E-state index in [2.05, 4.69) is 19.2 Å². The predicted molar refractivity (Wildman–Crippen MR) is 54.5 cm³/mol. The molecule has 0 aromatic heterocycles. The van der Waals surface area contributed by atoms with Gasteiger partial charge in [0.15, 0.2) is 9.84 Å². The zero-order chi connectivity index (χ0) is 10.1. The van der Waals surface area contributed by atoms with Crippen molar-refractivity contribution in [1.82, 2.24) is 5.32 Å². The van der Waals surface area contributed by atoms with Gasteiger partial charge in [-0.3, -0.25) is 0 Å². The lowest BCUT2D eigenvalue weighted by Crippen LogP contribution is -2.38. The van der Waals surface area contributed by atoms with Crippen molar-refractivity contribution >= 4 is 9.84 Å². The third-order valence-corrected chi connectivity index (χ3v) is 4.64. The monoisotopic (exact) mass is 205 g/mol. The van der Waals surface area contributed by atoms with E-state index >= 15 is 0 Å². The highest BCUT2D eigenvalue weighted by molar-refractivity contribution is 7.91. The first-order valence-corrected chi connectivity index (χ1v) is 6.56. The van der Waals surface area contributed by atoms with Crippen LogP contribution in [0, 0.1) is 5.92 Å². The van der Waals surface area contributed by atoms with E-state index in [1.165, 1.54) is 0 Å². The van der Waals surface area contributed by atoms with Crippen LogP contribution in [-0.4, -0.2) is 32.5 Å². The van der Waals surface area contributed by atoms with Gasteiger partial charge in [0, 0.05) is 5.54 Å². The summed E-state index contributed by atoms with van der Waals surface area (Å²) in [6.45, 7) is 4.22. The summed E-state index contributed by atoms with van der Waals surface area (Å²) in [6, 6.07) is 0. The Labute approximate surface area is 80.8 Å². The Morgan fingerprint density at radius 3 is 2.46 bits per heavy atom. The van der Waals surface area contributed by atoms with E-state index in [-0.39, 0.29) is 5.54 Å². The highest BCUT2D eigenvalue weighted by Gasteiger charge is 2.31. The number of hydrogen-bond acceptors (Lipinski definition) is 3. The molecule has 13 heavy (non-hydrogen) atoms. The third kappa shape index (κ3) is 3.27. The van der Waals surface area contributed by atoms with Crippen LogP contribution in [0.15, 0.2) is 0 Å². The minimum absolute atomic E-state index is 0.0600. The van der Waals surface area contributed by atoms with Gasteiger partial charge in [-0.25, -0.2) is 8.42 Å². The van der Waals surface area contributed by atoms with Crippen molar-refractivity contribution in [3.63, 3.8) is 0 Å². The van der Waals surface area contributed by atoms with Crippen LogP contribution in [-0.2, 0) is 9.84 Å². The van der Waals surface area contributed by atoms with Crippen LogP contribution in [0.5, 0.6) is 0 Å². The highest BCUT2D eigenvalue weighted by atomic mass is 32.2. The number of hydrogen-bond donors (Lipinski definition) is 1. The van der Waals surface area contributed by atoms with Crippen LogP contribution in [0.25, 0.3) is 0 Å². The fraction of sp³-hybridized carbons (Fsp3) is 1.00. The molecule has 0 spiro atoms. The topological polar surface area (TPSA) is 46.2 Å². The van der Waals surface area contributed by atoms with Gasteiger partial charge in [0.05, 0.1) is 11.5 Å². The second kappa shape index (κ2) is 3.58. The summed E-state index contributed by atoms with van der Waals surface area (Å²) in [5.74, 6) is 1.13. The second-order valence-corrected chi connectivity index (χ2v) is 6.84. The molecule has 0 saturated carbocycles. The summed E-state index contributed by atoms with van der Waals surface area (Å²) in [4.78, 5) is 0. The third-order valence-electron chi connectivity index (χ3n) is 2.80. The van der Waals surface area contributed by atoms with Crippen molar-refractivity contribution < 1.29 is 8.42 Å². The molecule has 1 rings (SSSR count). The molecule has 1 saturated heterocycles. The zero-order valence-electron chi connectivity index (χ0n) is 8.63. The molecule has 1 fully saturated rings. The SMILES string of the molecule is CNC(C)(C)CC1CCS(=O)(=O)C1.